The average molecular weight is 189 g/mol. The Morgan fingerprint density at radius 2 is 2.31 bits per heavy atom. The second-order valence-electron chi connectivity index (χ2n) is 2.97. The molecule has 0 saturated carbocycles. The number of aromatic nitrogens is 3. The van der Waals surface area contributed by atoms with Crippen LogP contribution < -0.4 is 0 Å². The molecule has 3 heterocycles. The van der Waals surface area contributed by atoms with Crippen LogP contribution in [-0.2, 0) is 7.05 Å². The van der Waals surface area contributed by atoms with Crippen LogP contribution >= 0.6 is 11.3 Å². The standard InChI is InChI=1S/C9H7N3S/c1-12-5-11-7-6-3-2-4-10-8(6)13-9(7)12/h2-5H,1H3. The number of hydrogen-bond acceptors (Lipinski definition) is 3. The van der Waals surface area contributed by atoms with Gasteiger partial charge in [0.2, 0.25) is 0 Å². The maximum absolute atomic E-state index is 4.34. The summed E-state index contributed by atoms with van der Waals surface area (Å²) in [5, 5.41) is 1.16. The van der Waals surface area contributed by atoms with E-state index in [0.717, 1.165) is 15.7 Å². The number of nitrogens with zero attached hydrogens (tertiary/aromatic N) is 3. The van der Waals surface area contributed by atoms with Gasteiger partial charge in [-0.25, -0.2) is 9.97 Å². The van der Waals surface area contributed by atoms with Crippen molar-refractivity contribution in [2.45, 2.75) is 0 Å². The Labute approximate surface area is 78.7 Å². The molecule has 0 aliphatic rings. The van der Waals surface area contributed by atoms with Crippen LogP contribution in [0.1, 0.15) is 0 Å². The van der Waals surface area contributed by atoms with Gasteiger partial charge in [0.15, 0.2) is 0 Å². The van der Waals surface area contributed by atoms with Gasteiger partial charge >= 0.3 is 0 Å². The summed E-state index contributed by atoms with van der Waals surface area (Å²) in [4.78, 5) is 10.9. The highest BCUT2D eigenvalue weighted by atomic mass is 32.1. The molecule has 13 heavy (non-hydrogen) atoms. The lowest BCUT2D eigenvalue weighted by Gasteiger charge is -1.84. The molecule has 0 aliphatic heterocycles. The van der Waals surface area contributed by atoms with E-state index < -0.39 is 0 Å². The highest BCUT2D eigenvalue weighted by Gasteiger charge is 2.08. The molecule has 0 amide bonds. The zero-order chi connectivity index (χ0) is 8.84. The minimum atomic E-state index is 1.07. The lowest BCUT2D eigenvalue weighted by molar-refractivity contribution is 0.955. The van der Waals surface area contributed by atoms with E-state index in [9.17, 15) is 0 Å². The normalized spacial score (nSPS) is 11.5. The third-order valence-electron chi connectivity index (χ3n) is 2.10. The summed E-state index contributed by atoms with van der Waals surface area (Å²) >= 11 is 1.68. The van der Waals surface area contributed by atoms with Crippen LogP contribution in [0.2, 0.25) is 0 Å². The van der Waals surface area contributed by atoms with Crippen molar-refractivity contribution < 1.29 is 0 Å². The van der Waals surface area contributed by atoms with E-state index in [2.05, 4.69) is 16.0 Å². The van der Waals surface area contributed by atoms with Crippen LogP contribution in [0, 0.1) is 0 Å². The molecule has 0 fully saturated rings. The van der Waals surface area contributed by atoms with Gasteiger partial charge in [0.25, 0.3) is 0 Å². The summed E-state index contributed by atoms with van der Waals surface area (Å²) in [5.74, 6) is 0. The molecule has 0 aliphatic carbocycles. The predicted molar refractivity (Wildman–Crippen MR) is 53.9 cm³/mol. The van der Waals surface area contributed by atoms with E-state index in [1.54, 1.807) is 11.3 Å². The maximum atomic E-state index is 4.34. The van der Waals surface area contributed by atoms with E-state index in [-0.39, 0.29) is 0 Å². The summed E-state index contributed by atoms with van der Waals surface area (Å²) in [6.45, 7) is 0. The lowest BCUT2D eigenvalue weighted by atomic mass is 10.3. The summed E-state index contributed by atoms with van der Waals surface area (Å²) in [6, 6.07) is 4.01. The Balaban J connectivity index is 2.64. The number of aryl methyl sites for hydroxylation is 1. The van der Waals surface area contributed by atoms with Crippen LogP contribution in [0.4, 0.5) is 0 Å². The fraction of sp³-hybridized carbons (Fsp3) is 0.111. The molecule has 4 heteroatoms. The Hall–Kier alpha value is -1.42. The second-order valence-corrected chi connectivity index (χ2v) is 3.94. The van der Waals surface area contributed by atoms with Crippen molar-refractivity contribution in [2.75, 3.05) is 0 Å². The third-order valence-corrected chi connectivity index (χ3v) is 3.30. The maximum Gasteiger partial charge on any atom is 0.127 e. The molecule has 3 aromatic heterocycles. The van der Waals surface area contributed by atoms with Crippen molar-refractivity contribution in [1.82, 2.24) is 14.5 Å². The van der Waals surface area contributed by atoms with Crippen molar-refractivity contribution in [3.8, 4) is 0 Å². The van der Waals surface area contributed by atoms with Gasteiger partial charge in [-0.1, -0.05) is 11.3 Å². The van der Waals surface area contributed by atoms with Gasteiger partial charge < -0.3 is 4.57 Å². The highest BCUT2D eigenvalue weighted by Crippen LogP contribution is 2.30. The van der Waals surface area contributed by atoms with Gasteiger partial charge in [-0.15, -0.1) is 0 Å². The van der Waals surface area contributed by atoms with Crippen molar-refractivity contribution >= 4 is 31.9 Å². The molecule has 0 unspecified atom stereocenters. The van der Waals surface area contributed by atoms with E-state index in [4.69, 9.17) is 0 Å². The highest BCUT2D eigenvalue weighted by molar-refractivity contribution is 7.25. The first kappa shape index (κ1) is 7.03. The fourth-order valence-corrected chi connectivity index (χ4v) is 2.49. The van der Waals surface area contributed by atoms with Crippen LogP contribution in [0.5, 0.6) is 0 Å². The molecule has 0 radical (unpaired) electrons. The number of imidazole rings is 1. The molecule has 0 aromatic carbocycles. The summed E-state index contributed by atoms with van der Waals surface area (Å²) in [5.41, 5.74) is 1.07. The number of fused-ring (bicyclic) bond motifs is 3. The number of pyridine rings is 1. The van der Waals surface area contributed by atoms with E-state index in [1.807, 2.05) is 30.2 Å². The summed E-state index contributed by atoms with van der Waals surface area (Å²) < 4.78 is 2.03. The third kappa shape index (κ3) is 0.833. The van der Waals surface area contributed by atoms with Crippen molar-refractivity contribution in [3.63, 3.8) is 0 Å². The molecule has 0 atom stereocenters. The Morgan fingerprint density at radius 1 is 1.38 bits per heavy atom. The van der Waals surface area contributed by atoms with Crippen LogP contribution in [0.25, 0.3) is 20.6 Å². The molecule has 3 aromatic rings. The fourth-order valence-electron chi connectivity index (χ4n) is 1.47. The topological polar surface area (TPSA) is 30.7 Å². The SMILES string of the molecule is Cn1cnc2c3cccnc3sc21. The van der Waals surface area contributed by atoms with Gasteiger partial charge in [0.05, 0.1) is 6.33 Å². The van der Waals surface area contributed by atoms with Crippen molar-refractivity contribution in [1.29, 1.82) is 0 Å². The minimum Gasteiger partial charge on any atom is -0.325 e. The number of rotatable bonds is 0. The minimum absolute atomic E-state index is 1.07. The zero-order valence-corrected chi connectivity index (χ0v) is 7.88. The van der Waals surface area contributed by atoms with Gasteiger partial charge in [-0.05, 0) is 12.1 Å². The molecule has 3 rings (SSSR count). The molecule has 64 valence electrons. The van der Waals surface area contributed by atoms with E-state index in [0.29, 0.717) is 0 Å². The van der Waals surface area contributed by atoms with E-state index in [1.165, 1.54) is 4.83 Å². The van der Waals surface area contributed by atoms with Crippen LogP contribution in [0.15, 0.2) is 24.7 Å². The number of thiophene rings is 1. The second kappa shape index (κ2) is 2.29. The first-order valence-electron chi connectivity index (χ1n) is 4.01. The first-order chi connectivity index (χ1) is 6.36. The lowest BCUT2D eigenvalue weighted by Crippen LogP contribution is -1.78. The van der Waals surface area contributed by atoms with Gasteiger partial charge in [-0.3, -0.25) is 0 Å². The van der Waals surface area contributed by atoms with Gasteiger partial charge in [0.1, 0.15) is 15.2 Å². The molecule has 0 N–H and O–H groups in total. The van der Waals surface area contributed by atoms with Crippen LogP contribution in [0.3, 0.4) is 0 Å². The van der Waals surface area contributed by atoms with Gasteiger partial charge in [-0.2, -0.15) is 0 Å². The zero-order valence-electron chi connectivity index (χ0n) is 7.06. The predicted octanol–water partition coefficient (Wildman–Crippen LogP) is 2.18. The largest absolute Gasteiger partial charge is 0.325 e. The quantitative estimate of drug-likeness (QED) is 0.542. The Bertz CT molecular complexity index is 579. The van der Waals surface area contributed by atoms with E-state index >= 15 is 0 Å². The van der Waals surface area contributed by atoms with Crippen LogP contribution in [-0.4, -0.2) is 14.5 Å². The van der Waals surface area contributed by atoms with Gasteiger partial charge in [0, 0.05) is 18.6 Å². The van der Waals surface area contributed by atoms with Crippen molar-refractivity contribution in [3.05, 3.63) is 24.7 Å². The average Bonchev–Trinajstić information content (AvgIpc) is 2.67. The van der Waals surface area contributed by atoms with Crippen molar-refractivity contribution in [2.24, 2.45) is 7.05 Å². The molecule has 0 spiro atoms. The molecular weight excluding hydrogens is 182 g/mol. The Kier molecular flexibility index (Phi) is 1.24. The molecule has 3 nitrogen and oxygen atoms in total. The summed E-state index contributed by atoms with van der Waals surface area (Å²) in [6.07, 6.45) is 3.66. The summed E-state index contributed by atoms with van der Waals surface area (Å²) in [7, 11) is 2.00. The first-order valence-corrected chi connectivity index (χ1v) is 4.82. The molecule has 0 bridgehead atoms. The molecule has 0 saturated heterocycles. The monoisotopic (exact) mass is 189 g/mol. The smallest absolute Gasteiger partial charge is 0.127 e. The molecular formula is C9H7N3S. The number of hydrogen-bond donors (Lipinski definition) is 0. The Morgan fingerprint density at radius 3 is 3.23 bits per heavy atom.